The van der Waals surface area contributed by atoms with Gasteiger partial charge in [-0.3, -0.25) is 9.98 Å². The summed E-state index contributed by atoms with van der Waals surface area (Å²) in [5.74, 6) is -0.851. The van der Waals surface area contributed by atoms with Crippen molar-refractivity contribution in [3.8, 4) is 6.07 Å². The van der Waals surface area contributed by atoms with E-state index in [0.717, 1.165) is 6.42 Å². The van der Waals surface area contributed by atoms with Crippen LogP contribution in [0.5, 0.6) is 0 Å². The Balaban J connectivity index is 1.71. The molecule has 3 N–H and O–H groups in total. The Morgan fingerprint density at radius 3 is 2.84 bits per heavy atom. The number of nitrogens with zero attached hydrogens (tertiary/aromatic N) is 3. The van der Waals surface area contributed by atoms with Gasteiger partial charge in [0.2, 0.25) is 0 Å². The normalized spacial score (nSPS) is 28.3. The summed E-state index contributed by atoms with van der Waals surface area (Å²) in [7, 11) is 1.90. The van der Waals surface area contributed by atoms with Crippen molar-refractivity contribution in [1.82, 2.24) is 10.3 Å². The van der Waals surface area contributed by atoms with E-state index < -0.39 is 17.2 Å². The second kappa shape index (κ2) is 7.74. The summed E-state index contributed by atoms with van der Waals surface area (Å²) in [6.07, 6.45) is 3.48. The highest BCUT2D eigenvalue weighted by Crippen LogP contribution is 2.67. The molecule has 0 saturated heterocycles. The summed E-state index contributed by atoms with van der Waals surface area (Å²) in [5, 5.41) is 12.6. The minimum Gasteiger partial charge on any atom is -0.378 e. The third kappa shape index (κ3) is 3.62. The molecule has 0 amide bonds. The van der Waals surface area contributed by atoms with Crippen molar-refractivity contribution in [3.05, 3.63) is 64.7 Å². The fourth-order valence-corrected chi connectivity index (χ4v) is 6.01. The molecule has 8 heteroatoms. The molecule has 160 valence electrons. The molecule has 31 heavy (non-hydrogen) atoms. The van der Waals surface area contributed by atoms with Crippen LogP contribution in [0.3, 0.4) is 0 Å². The van der Waals surface area contributed by atoms with Crippen molar-refractivity contribution in [2.45, 2.75) is 36.6 Å². The van der Waals surface area contributed by atoms with Crippen LogP contribution in [-0.4, -0.2) is 28.0 Å². The Bertz CT molecular complexity index is 1120. The predicted octanol–water partition coefficient (Wildman–Crippen LogP) is 4.20. The molecule has 4 atom stereocenters. The first kappa shape index (κ1) is 21.5. The maximum Gasteiger partial charge on any atom is 0.155 e. The number of aliphatic imine (C=N–C) groups is 1. The SMILES string of the molecule is CNC(C)[C@]12C[C@H]1[C@@](C)(c1cc(/C=C(\F)c3ccc(C#N)cn3)ccc1F)N=C(N)S2. The fourth-order valence-electron chi connectivity index (χ4n) is 4.47. The van der Waals surface area contributed by atoms with E-state index >= 15 is 0 Å². The molecule has 2 heterocycles. The van der Waals surface area contributed by atoms with Crippen molar-refractivity contribution >= 4 is 28.8 Å². The van der Waals surface area contributed by atoms with Gasteiger partial charge in [0.15, 0.2) is 5.17 Å². The predicted molar refractivity (Wildman–Crippen MR) is 120 cm³/mol. The lowest BCUT2D eigenvalue weighted by molar-refractivity contribution is 0.372. The van der Waals surface area contributed by atoms with Gasteiger partial charge in [-0.2, -0.15) is 5.26 Å². The number of pyridine rings is 1. The standard InChI is InChI=1S/C23H23F2N5S/c1-13(28-3)23-10-20(23)22(2,30-21(27)31-23)16-8-14(4-6-17(16)24)9-18(25)19-7-5-15(11-26)12-29-19/h4-9,12-13,20,28H,10H2,1-3H3,(H2,27,30)/b18-9-/t13?,20-,22+,23+/m0/s1. The number of thioether (sulfide) groups is 1. The molecule has 0 radical (unpaired) electrons. The lowest BCUT2D eigenvalue weighted by Crippen LogP contribution is -2.44. The molecular formula is C23H23F2N5S. The zero-order valence-electron chi connectivity index (χ0n) is 17.5. The summed E-state index contributed by atoms with van der Waals surface area (Å²) < 4.78 is 29.6. The van der Waals surface area contributed by atoms with E-state index in [0.29, 0.717) is 21.9 Å². The minimum absolute atomic E-state index is 0.108. The van der Waals surface area contributed by atoms with Crippen molar-refractivity contribution in [2.24, 2.45) is 16.6 Å². The number of nitriles is 1. The van der Waals surface area contributed by atoms with E-state index in [4.69, 9.17) is 11.0 Å². The highest BCUT2D eigenvalue weighted by Gasteiger charge is 2.68. The van der Waals surface area contributed by atoms with Crippen LogP contribution in [-0.2, 0) is 5.54 Å². The van der Waals surface area contributed by atoms with Gasteiger partial charge in [-0.15, -0.1) is 0 Å². The quantitative estimate of drug-likeness (QED) is 0.729. The summed E-state index contributed by atoms with van der Waals surface area (Å²) in [5.41, 5.74) is 6.70. The van der Waals surface area contributed by atoms with Crippen molar-refractivity contribution < 1.29 is 8.78 Å². The molecule has 1 fully saturated rings. The first-order chi connectivity index (χ1) is 14.7. The van der Waals surface area contributed by atoms with Crippen LogP contribution >= 0.6 is 11.8 Å². The monoisotopic (exact) mass is 439 g/mol. The second-order valence-electron chi connectivity index (χ2n) is 8.20. The Kier molecular flexibility index (Phi) is 5.36. The lowest BCUT2D eigenvalue weighted by atomic mass is 9.84. The van der Waals surface area contributed by atoms with Gasteiger partial charge in [-0.05, 0) is 63.2 Å². The van der Waals surface area contributed by atoms with Gasteiger partial charge >= 0.3 is 0 Å². The van der Waals surface area contributed by atoms with E-state index in [2.05, 4.69) is 22.2 Å². The number of hydrogen-bond donors (Lipinski definition) is 2. The summed E-state index contributed by atoms with van der Waals surface area (Å²) in [4.78, 5) is 8.63. The summed E-state index contributed by atoms with van der Waals surface area (Å²) in [6.45, 7) is 4.00. The molecule has 0 spiro atoms. The number of fused-ring (bicyclic) bond motifs is 1. The van der Waals surface area contributed by atoms with Gasteiger partial charge in [0.25, 0.3) is 0 Å². The third-order valence-corrected chi connectivity index (χ3v) is 7.89. The molecule has 2 aliphatic rings. The van der Waals surface area contributed by atoms with Gasteiger partial charge < -0.3 is 11.1 Å². The molecule has 1 aliphatic carbocycles. The van der Waals surface area contributed by atoms with Crippen molar-refractivity contribution in [1.29, 1.82) is 5.26 Å². The summed E-state index contributed by atoms with van der Waals surface area (Å²) in [6, 6.07) is 9.57. The van der Waals surface area contributed by atoms with Crippen LogP contribution < -0.4 is 11.1 Å². The first-order valence-electron chi connectivity index (χ1n) is 9.99. The Morgan fingerprint density at radius 2 is 2.19 bits per heavy atom. The van der Waals surface area contributed by atoms with E-state index in [-0.39, 0.29) is 22.4 Å². The van der Waals surface area contributed by atoms with Crippen LogP contribution in [0.1, 0.15) is 42.7 Å². The zero-order chi connectivity index (χ0) is 22.4. The number of hydrogen-bond acceptors (Lipinski definition) is 6. The van der Waals surface area contributed by atoms with E-state index in [9.17, 15) is 8.78 Å². The molecular weight excluding hydrogens is 416 g/mol. The Hall–Kier alpha value is -2.76. The smallest absolute Gasteiger partial charge is 0.155 e. The highest BCUT2D eigenvalue weighted by molar-refractivity contribution is 8.15. The van der Waals surface area contributed by atoms with Gasteiger partial charge in [0.05, 0.1) is 16.8 Å². The number of nitrogens with two attached hydrogens (primary N) is 1. The zero-order valence-corrected chi connectivity index (χ0v) is 18.3. The van der Waals surface area contributed by atoms with Crippen molar-refractivity contribution in [2.75, 3.05) is 7.05 Å². The maximum atomic E-state index is 15.0. The largest absolute Gasteiger partial charge is 0.378 e. The molecule has 1 saturated carbocycles. The van der Waals surface area contributed by atoms with Crippen LogP contribution in [0.2, 0.25) is 0 Å². The first-order valence-corrected chi connectivity index (χ1v) is 10.8. The van der Waals surface area contributed by atoms with E-state index in [1.54, 1.807) is 17.8 Å². The van der Waals surface area contributed by atoms with Gasteiger partial charge in [0, 0.05) is 28.5 Å². The highest BCUT2D eigenvalue weighted by atomic mass is 32.2. The molecule has 1 aliphatic heterocycles. The number of rotatable bonds is 5. The number of amidine groups is 1. The molecule has 1 aromatic heterocycles. The number of benzene rings is 1. The van der Waals surface area contributed by atoms with Crippen LogP contribution in [0.25, 0.3) is 11.9 Å². The van der Waals surface area contributed by atoms with Crippen LogP contribution in [0.4, 0.5) is 8.78 Å². The van der Waals surface area contributed by atoms with Crippen LogP contribution in [0, 0.1) is 23.1 Å². The number of nitrogens with one attached hydrogen (secondary N) is 1. The lowest BCUT2D eigenvalue weighted by Gasteiger charge is -2.36. The fraction of sp³-hybridized carbons (Fsp3) is 0.348. The molecule has 5 nitrogen and oxygen atoms in total. The Morgan fingerprint density at radius 1 is 1.42 bits per heavy atom. The average Bonchev–Trinajstić information content (AvgIpc) is 3.51. The maximum absolute atomic E-state index is 15.0. The number of aromatic nitrogens is 1. The second-order valence-corrected chi connectivity index (χ2v) is 9.58. The molecule has 0 bridgehead atoms. The van der Waals surface area contributed by atoms with E-state index in [1.165, 1.54) is 36.5 Å². The van der Waals surface area contributed by atoms with Gasteiger partial charge in [-0.25, -0.2) is 8.78 Å². The molecule has 1 aromatic carbocycles. The summed E-state index contributed by atoms with van der Waals surface area (Å²) >= 11 is 1.55. The molecule has 2 aromatic rings. The van der Waals surface area contributed by atoms with Crippen molar-refractivity contribution in [3.63, 3.8) is 0 Å². The van der Waals surface area contributed by atoms with E-state index in [1.807, 2.05) is 20.0 Å². The van der Waals surface area contributed by atoms with Gasteiger partial charge in [-0.1, -0.05) is 17.8 Å². The average molecular weight is 440 g/mol. The Labute approximate surface area is 184 Å². The molecule has 4 rings (SSSR count). The minimum atomic E-state index is -0.836. The molecule has 1 unspecified atom stereocenters. The van der Waals surface area contributed by atoms with Crippen LogP contribution in [0.15, 0.2) is 41.5 Å². The number of halogens is 2. The third-order valence-electron chi connectivity index (χ3n) is 6.40. The topological polar surface area (TPSA) is 87.1 Å². The van der Waals surface area contributed by atoms with Gasteiger partial charge in [0.1, 0.15) is 17.7 Å².